The van der Waals surface area contributed by atoms with Crippen LogP contribution in [0, 0.1) is 5.92 Å². The van der Waals surface area contributed by atoms with Gasteiger partial charge in [-0.1, -0.05) is 226 Å². The van der Waals surface area contributed by atoms with E-state index in [1.54, 1.807) is 0 Å². The average molecular weight is 709 g/mol. The maximum atomic E-state index is 12.2. The molecular weight excluding hydrogens is 620 g/mol. The van der Waals surface area contributed by atoms with Crippen LogP contribution in [0.4, 0.5) is 0 Å². The van der Waals surface area contributed by atoms with Crippen molar-refractivity contribution in [2.75, 3.05) is 13.2 Å². The first-order valence-corrected chi connectivity index (χ1v) is 22.5. The predicted octanol–water partition coefficient (Wildman–Crippen LogP) is 14.2. The quantitative estimate of drug-likeness (QED) is 0.0505. The molecule has 0 aliphatic heterocycles. The molecule has 1 N–H and O–H groups in total. The first-order chi connectivity index (χ1) is 24.5. The van der Waals surface area contributed by atoms with E-state index in [-0.39, 0.29) is 25.2 Å². The highest BCUT2D eigenvalue weighted by Gasteiger charge is 2.16. The number of carbonyl (C=O) groups is 2. The molecule has 0 unspecified atom stereocenters. The Morgan fingerprint density at radius 3 is 1.06 bits per heavy atom. The van der Waals surface area contributed by atoms with Crippen LogP contribution in [-0.4, -0.2) is 36.4 Å². The number of esters is 2. The summed E-state index contributed by atoms with van der Waals surface area (Å²) in [6.07, 6.45) is 44.6. The van der Waals surface area contributed by atoms with Crippen molar-refractivity contribution in [1.82, 2.24) is 0 Å². The van der Waals surface area contributed by atoms with Gasteiger partial charge in [0.25, 0.3) is 0 Å². The Balaban J connectivity index is 3.46. The molecule has 0 aliphatic carbocycles. The van der Waals surface area contributed by atoms with Crippen molar-refractivity contribution < 1.29 is 24.2 Å². The second kappa shape index (κ2) is 40.7. The van der Waals surface area contributed by atoms with Gasteiger partial charge in [0.15, 0.2) is 6.10 Å². The van der Waals surface area contributed by atoms with Gasteiger partial charge in [-0.25, -0.2) is 0 Å². The first-order valence-electron chi connectivity index (χ1n) is 22.5. The zero-order valence-electron chi connectivity index (χ0n) is 34.1. The van der Waals surface area contributed by atoms with E-state index in [9.17, 15) is 14.7 Å². The summed E-state index contributed by atoms with van der Waals surface area (Å²) in [5.74, 6) is 0.287. The number of aliphatic hydroxyl groups is 1. The monoisotopic (exact) mass is 709 g/mol. The second-order valence-corrected chi connectivity index (χ2v) is 16.0. The molecule has 5 heteroatoms. The van der Waals surface area contributed by atoms with E-state index >= 15 is 0 Å². The SMILES string of the molecule is CCCCCCCCCCCCCCCCCCCC(=O)O[C@@H](CO)COC(=O)CCCCCCCCCCCCCCCCCCC(C)C. The third-order valence-corrected chi connectivity index (χ3v) is 10.3. The van der Waals surface area contributed by atoms with Crippen molar-refractivity contribution in [3.63, 3.8) is 0 Å². The molecule has 298 valence electrons. The van der Waals surface area contributed by atoms with Crippen molar-refractivity contribution in [3.05, 3.63) is 0 Å². The molecule has 5 nitrogen and oxygen atoms in total. The van der Waals surface area contributed by atoms with Crippen molar-refractivity contribution in [2.24, 2.45) is 5.92 Å². The molecule has 0 heterocycles. The van der Waals surface area contributed by atoms with Crippen LogP contribution in [0.3, 0.4) is 0 Å². The van der Waals surface area contributed by atoms with Gasteiger partial charge in [-0.3, -0.25) is 9.59 Å². The second-order valence-electron chi connectivity index (χ2n) is 16.0. The summed E-state index contributed by atoms with van der Waals surface area (Å²) in [5, 5.41) is 9.58. The first kappa shape index (κ1) is 48.9. The number of carbonyl (C=O) groups excluding carboxylic acids is 2. The van der Waals surface area contributed by atoms with Gasteiger partial charge in [-0.2, -0.15) is 0 Å². The van der Waals surface area contributed by atoms with E-state index in [1.807, 2.05) is 0 Å². The van der Waals surface area contributed by atoms with Crippen LogP contribution in [-0.2, 0) is 19.1 Å². The van der Waals surface area contributed by atoms with Crippen LogP contribution in [0.2, 0.25) is 0 Å². The average Bonchev–Trinajstić information content (AvgIpc) is 3.10. The fourth-order valence-electron chi connectivity index (χ4n) is 6.92. The summed E-state index contributed by atoms with van der Waals surface area (Å²) in [6.45, 7) is 6.54. The Bertz CT molecular complexity index is 693. The van der Waals surface area contributed by atoms with Gasteiger partial charge in [-0.05, 0) is 18.8 Å². The Kier molecular flexibility index (Phi) is 39.8. The molecule has 0 radical (unpaired) electrons. The summed E-state index contributed by atoms with van der Waals surface area (Å²) >= 11 is 0. The fraction of sp³-hybridized carbons (Fsp3) is 0.956. The Morgan fingerprint density at radius 1 is 0.440 bits per heavy atom. The van der Waals surface area contributed by atoms with Crippen LogP contribution in [0.15, 0.2) is 0 Å². The molecule has 0 amide bonds. The zero-order valence-corrected chi connectivity index (χ0v) is 34.1. The third-order valence-electron chi connectivity index (χ3n) is 10.3. The smallest absolute Gasteiger partial charge is 0.306 e. The number of rotatable bonds is 41. The number of unbranched alkanes of at least 4 members (excludes halogenated alkanes) is 31. The van der Waals surface area contributed by atoms with Crippen LogP contribution >= 0.6 is 0 Å². The van der Waals surface area contributed by atoms with E-state index in [0.717, 1.165) is 38.0 Å². The van der Waals surface area contributed by atoms with Gasteiger partial charge in [0.05, 0.1) is 6.61 Å². The highest BCUT2D eigenvalue weighted by molar-refractivity contribution is 5.70. The van der Waals surface area contributed by atoms with Gasteiger partial charge in [-0.15, -0.1) is 0 Å². The van der Waals surface area contributed by atoms with E-state index in [2.05, 4.69) is 20.8 Å². The molecule has 0 bridgehead atoms. The minimum atomic E-state index is -0.762. The molecule has 0 aromatic rings. The molecule has 0 rings (SSSR count). The highest BCUT2D eigenvalue weighted by atomic mass is 16.6. The van der Waals surface area contributed by atoms with Crippen LogP contribution in [0.5, 0.6) is 0 Å². The molecule has 0 fully saturated rings. The maximum absolute atomic E-state index is 12.2. The van der Waals surface area contributed by atoms with Crippen molar-refractivity contribution in [2.45, 2.75) is 258 Å². The Morgan fingerprint density at radius 2 is 0.740 bits per heavy atom. The largest absolute Gasteiger partial charge is 0.462 e. The van der Waals surface area contributed by atoms with Crippen LogP contribution in [0.1, 0.15) is 252 Å². The molecule has 0 spiro atoms. The molecular formula is C45H88O5. The molecule has 50 heavy (non-hydrogen) atoms. The van der Waals surface area contributed by atoms with E-state index < -0.39 is 6.10 Å². The predicted molar refractivity (Wildman–Crippen MR) is 215 cm³/mol. The normalized spacial score (nSPS) is 12.1. The lowest BCUT2D eigenvalue weighted by Crippen LogP contribution is -2.28. The van der Waals surface area contributed by atoms with Crippen molar-refractivity contribution in [3.8, 4) is 0 Å². The van der Waals surface area contributed by atoms with E-state index in [1.165, 1.54) is 186 Å². The Hall–Kier alpha value is -1.10. The Labute approximate surface area is 312 Å². The molecule has 0 aromatic carbocycles. The topological polar surface area (TPSA) is 72.8 Å². The minimum absolute atomic E-state index is 0.0570. The van der Waals surface area contributed by atoms with Crippen LogP contribution in [0.25, 0.3) is 0 Å². The zero-order chi connectivity index (χ0) is 36.6. The van der Waals surface area contributed by atoms with Gasteiger partial charge in [0.1, 0.15) is 6.61 Å². The summed E-state index contributed by atoms with van der Waals surface area (Å²) < 4.78 is 10.7. The lowest BCUT2D eigenvalue weighted by molar-refractivity contribution is -0.161. The van der Waals surface area contributed by atoms with Crippen molar-refractivity contribution >= 4 is 11.9 Å². The molecule has 0 aromatic heterocycles. The van der Waals surface area contributed by atoms with E-state index in [4.69, 9.17) is 9.47 Å². The number of hydrogen-bond donors (Lipinski definition) is 1. The highest BCUT2D eigenvalue weighted by Crippen LogP contribution is 2.17. The molecule has 0 saturated heterocycles. The van der Waals surface area contributed by atoms with Gasteiger partial charge in [0, 0.05) is 12.8 Å². The van der Waals surface area contributed by atoms with Gasteiger partial charge in [0.2, 0.25) is 0 Å². The number of aliphatic hydroxyl groups excluding tert-OH is 1. The minimum Gasteiger partial charge on any atom is -0.462 e. The van der Waals surface area contributed by atoms with Gasteiger partial charge >= 0.3 is 11.9 Å². The number of ether oxygens (including phenoxy) is 2. The summed E-state index contributed by atoms with van der Waals surface area (Å²) in [7, 11) is 0. The fourth-order valence-corrected chi connectivity index (χ4v) is 6.92. The summed E-state index contributed by atoms with van der Waals surface area (Å²) in [5.41, 5.74) is 0. The van der Waals surface area contributed by atoms with Crippen molar-refractivity contribution in [1.29, 1.82) is 0 Å². The third kappa shape index (κ3) is 39.7. The number of hydrogen-bond acceptors (Lipinski definition) is 5. The van der Waals surface area contributed by atoms with Gasteiger partial charge < -0.3 is 14.6 Å². The lowest BCUT2D eigenvalue weighted by atomic mass is 10.0. The lowest BCUT2D eigenvalue weighted by Gasteiger charge is -2.15. The summed E-state index contributed by atoms with van der Waals surface area (Å²) in [4.78, 5) is 24.3. The molecule has 0 aliphatic rings. The molecule has 1 atom stereocenters. The maximum Gasteiger partial charge on any atom is 0.306 e. The van der Waals surface area contributed by atoms with Crippen LogP contribution < -0.4 is 0 Å². The summed E-state index contributed by atoms with van der Waals surface area (Å²) in [6, 6.07) is 0. The standard InChI is InChI=1S/C45H88O5/c1-4-5-6-7-8-9-10-11-12-13-18-21-24-27-30-33-36-39-45(48)50-43(40-46)41-49-44(47)38-35-32-29-26-23-20-17-15-14-16-19-22-25-28-31-34-37-42(2)3/h42-43,46H,4-41H2,1-3H3/t43-/m0/s1. The van der Waals surface area contributed by atoms with E-state index in [0.29, 0.717) is 12.8 Å². The molecule has 0 saturated carbocycles.